The van der Waals surface area contributed by atoms with Crippen LogP contribution in [0.3, 0.4) is 0 Å². The fraction of sp³-hybridized carbons (Fsp3) is 0.632. The Labute approximate surface area is 146 Å². The highest BCUT2D eigenvalue weighted by molar-refractivity contribution is 5.85. The number of halogens is 1. The molecule has 4 heteroatoms. The van der Waals surface area contributed by atoms with Crippen molar-refractivity contribution < 1.29 is 4.79 Å². The Bertz CT molecular complexity index is 508. The van der Waals surface area contributed by atoms with E-state index in [4.69, 9.17) is 0 Å². The maximum absolute atomic E-state index is 12.4. The number of carbonyl (C=O) groups is 1. The summed E-state index contributed by atoms with van der Waals surface area (Å²) in [4.78, 5) is 14.4. The number of hydrogen-bond donors (Lipinski definition) is 1. The van der Waals surface area contributed by atoms with Crippen LogP contribution in [-0.4, -0.2) is 36.5 Å². The Morgan fingerprint density at radius 1 is 1.17 bits per heavy atom. The molecule has 1 heterocycles. The number of amides is 1. The molecule has 128 valence electrons. The molecule has 0 bridgehead atoms. The van der Waals surface area contributed by atoms with E-state index in [1.807, 2.05) is 0 Å². The van der Waals surface area contributed by atoms with E-state index < -0.39 is 0 Å². The second-order valence-electron chi connectivity index (χ2n) is 6.93. The molecule has 1 N–H and O–H groups in total. The van der Waals surface area contributed by atoms with Crippen molar-refractivity contribution in [1.29, 1.82) is 0 Å². The van der Waals surface area contributed by atoms with Crippen LogP contribution >= 0.6 is 12.4 Å². The Hall–Kier alpha value is -1.06. The first-order valence-corrected chi connectivity index (χ1v) is 8.78. The summed E-state index contributed by atoms with van der Waals surface area (Å²) in [5, 5.41) is 3.67. The van der Waals surface area contributed by atoms with E-state index in [1.54, 1.807) is 0 Å². The Morgan fingerprint density at radius 3 is 2.52 bits per heavy atom. The average Bonchev–Trinajstić information content (AvgIpc) is 3.37. The number of piperidine rings is 1. The predicted octanol–water partition coefficient (Wildman–Crippen LogP) is 3.34. The van der Waals surface area contributed by atoms with Crippen LogP contribution in [0.5, 0.6) is 0 Å². The third-order valence-corrected chi connectivity index (χ3v) is 5.11. The molecule has 1 aromatic carbocycles. The van der Waals surface area contributed by atoms with E-state index in [0.29, 0.717) is 18.4 Å². The van der Waals surface area contributed by atoms with Crippen molar-refractivity contribution in [3.05, 3.63) is 35.4 Å². The molecule has 23 heavy (non-hydrogen) atoms. The summed E-state index contributed by atoms with van der Waals surface area (Å²) in [5.41, 5.74) is 2.59. The highest BCUT2D eigenvalue weighted by Crippen LogP contribution is 2.28. The topological polar surface area (TPSA) is 32.3 Å². The van der Waals surface area contributed by atoms with Gasteiger partial charge in [0.2, 0.25) is 5.91 Å². The first kappa shape index (κ1) is 18.3. The highest BCUT2D eigenvalue weighted by Gasteiger charge is 2.25. The van der Waals surface area contributed by atoms with E-state index in [9.17, 15) is 4.79 Å². The van der Waals surface area contributed by atoms with Crippen LogP contribution in [0.2, 0.25) is 0 Å². The van der Waals surface area contributed by atoms with E-state index in [-0.39, 0.29) is 12.4 Å². The predicted molar refractivity (Wildman–Crippen MR) is 97.1 cm³/mol. The second kappa shape index (κ2) is 8.70. The third-order valence-electron chi connectivity index (χ3n) is 5.11. The van der Waals surface area contributed by atoms with Gasteiger partial charge in [-0.2, -0.15) is 0 Å². The van der Waals surface area contributed by atoms with Crippen LogP contribution in [-0.2, 0) is 11.2 Å². The minimum Gasteiger partial charge on any atom is -0.343 e. The monoisotopic (exact) mass is 336 g/mol. The van der Waals surface area contributed by atoms with Gasteiger partial charge in [0.25, 0.3) is 0 Å². The van der Waals surface area contributed by atoms with Crippen molar-refractivity contribution in [1.82, 2.24) is 10.2 Å². The first-order chi connectivity index (χ1) is 10.7. The summed E-state index contributed by atoms with van der Waals surface area (Å²) in [7, 11) is 0. The molecule has 1 amide bonds. The SMILES string of the molecule is Cc1ccccc1CCC(=O)N1CCC(NCC2CC2)CC1.Cl. The zero-order chi connectivity index (χ0) is 15.4. The van der Waals surface area contributed by atoms with Gasteiger partial charge in [0.15, 0.2) is 0 Å². The molecule has 0 unspecified atom stereocenters. The van der Waals surface area contributed by atoms with Crippen molar-refractivity contribution in [2.75, 3.05) is 19.6 Å². The Balaban J connectivity index is 0.00000192. The van der Waals surface area contributed by atoms with E-state index >= 15 is 0 Å². The summed E-state index contributed by atoms with van der Waals surface area (Å²) in [6.07, 6.45) is 6.55. The number of nitrogens with one attached hydrogen (secondary N) is 1. The lowest BCUT2D eigenvalue weighted by atomic mass is 10.0. The molecule has 1 aliphatic heterocycles. The first-order valence-electron chi connectivity index (χ1n) is 8.78. The molecular weight excluding hydrogens is 308 g/mol. The smallest absolute Gasteiger partial charge is 0.222 e. The van der Waals surface area contributed by atoms with Crippen LogP contribution in [0.4, 0.5) is 0 Å². The van der Waals surface area contributed by atoms with Gasteiger partial charge in [-0.25, -0.2) is 0 Å². The number of nitrogens with zero attached hydrogens (tertiary/aromatic N) is 1. The van der Waals surface area contributed by atoms with Crippen LogP contribution in [0.25, 0.3) is 0 Å². The molecular formula is C19H29ClN2O. The zero-order valence-corrected chi connectivity index (χ0v) is 14.9. The number of carbonyl (C=O) groups excluding carboxylic acids is 1. The van der Waals surface area contributed by atoms with Gasteiger partial charge in [-0.1, -0.05) is 24.3 Å². The standard InChI is InChI=1S/C19H28N2O.ClH/c1-15-4-2-3-5-17(15)8-9-19(22)21-12-10-18(11-13-21)20-14-16-6-7-16;/h2-5,16,18,20H,6-14H2,1H3;1H. The minimum absolute atomic E-state index is 0. The van der Waals surface area contributed by atoms with Crippen LogP contribution in [0, 0.1) is 12.8 Å². The lowest BCUT2D eigenvalue weighted by Crippen LogP contribution is -2.45. The van der Waals surface area contributed by atoms with E-state index in [0.717, 1.165) is 38.3 Å². The lowest BCUT2D eigenvalue weighted by molar-refractivity contribution is -0.132. The van der Waals surface area contributed by atoms with E-state index in [2.05, 4.69) is 41.4 Å². The molecule has 1 saturated heterocycles. The number of rotatable bonds is 6. The van der Waals surface area contributed by atoms with Crippen molar-refractivity contribution >= 4 is 18.3 Å². The van der Waals surface area contributed by atoms with Gasteiger partial charge in [-0.3, -0.25) is 4.79 Å². The van der Waals surface area contributed by atoms with Crippen molar-refractivity contribution in [2.24, 2.45) is 5.92 Å². The number of hydrogen-bond acceptors (Lipinski definition) is 2. The molecule has 2 aliphatic rings. The molecule has 3 nitrogen and oxygen atoms in total. The van der Waals surface area contributed by atoms with Gasteiger partial charge >= 0.3 is 0 Å². The Kier molecular flexibility index (Phi) is 6.91. The highest BCUT2D eigenvalue weighted by atomic mass is 35.5. The summed E-state index contributed by atoms with van der Waals surface area (Å²) in [6.45, 7) is 5.16. The van der Waals surface area contributed by atoms with Crippen molar-refractivity contribution in [3.63, 3.8) is 0 Å². The zero-order valence-electron chi connectivity index (χ0n) is 14.1. The minimum atomic E-state index is 0. The van der Waals surface area contributed by atoms with Crippen molar-refractivity contribution in [3.8, 4) is 0 Å². The fourth-order valence-electron chi connectivity index (χ4n) is 3.28. The maximum Gasteiger partial charge on any atom is 0.222 e. The lowest BCUT2D eigenvalue weighted by Gasteiger charge is -2.32. The third kappa shape index (κ3) is 5.50. The molecule has 0 aromatic heterocycles. The van der Waals surface area contributed by atoms with Crippen LogP contribution in [0.1, 0.15) is 43.2 Å². The maximum atomic E-state index is 12.4. The fourth-order valence-corrected chi connectivity index (χ4v) is 3.28. The number of likely N-dealkylation sites (tertiary alicyclic amines) is 1. The second-order valence-corrected chi connectivity index (χ2v) is 6.93. The molecule has 1 saturated carbocycles. The molecule has 0 spiro atoms. The van der Waals surface area contributed by atoms with Gasteiger partial charge in [0.05, 0.1) is 0 Å². The number of aryl methyl sites for hydroxylation is 2. The van der Waals surface area contributed by atoms with Crippen LogP contribution in [0.15, 0.2) is 24.3 Å². The van der Waals surface area contributed by atoms with Crippen molar-refractivity contribution in [2.45, 2.75) is 51.5 Å². The molecule has 3 rings (SSSR count). The Morgan fingerprint density at radius 2 is 1.87 bits per heavy atom. The van der Waals surface area contributed by atoms with E-state index in [1.165, 1.54) is 30.5 Å². The van der Waals surface area contributed by atoms with Crippen LogP contribution < -0.4 is 5.32 Å². The summed E-state index contributed by atoms with van der Waals surface area (Å²) < 4.78 is 0. The molecule has 0 atom stereocenters. The largest absolute Gasteiger partial charge is 0.343 e. The van der Waals surface area contributed by atoms with Gasteiger partial charge in [0.1, 0.15) is 0 Å². The normalized spacial score (nSPS) is 18.6. The summed E-state index contributed by atoms with van der Waals surface area (Å²) in [6, 6.07) is 9.00. The van der Waals surface area contributed by atoms with Gasteiger partial charge in [0, 0.05) is 25.6 Å². The number of benzene rings is 1. The molecule has 2 fully saturated rings. The summed E-state index contributed by atoms with van der Waals surface area (Å²) >= 11 is 0. The molecule has 0 radical (unpaired) electrons. The van der Waals surface area contributed by atoms with Gasteiger partial charge in [-0.15, -0.1) is 12.4 Å². The molecule has 1 aromatic rings. The molecule has 1 aliphatic carbocycles. The average molecular weight is 337 g/mol. The summed E-state index contributed by atoms with van der Waals surface area (Å²) in [5.74, 6) is 1.26. The van der Waals surface area contributed by atoms with Gasteiger partial charge in [-0.05, 0) is 62.6 Å². The quantitative estimate of drug-likeness (QED) is 0.864. The van der Waals surface area contributed by atoms with Gasteiger partial charge < -0.3 is 10.2 Å².